The van der Waals surface area contributed by atoms with Crippen molar-refractivity contribution in [3.63, 3.8) is 0 Å². The maximum Gasteiger partial charge on any atom is 0.0991 e. The monoisotopic (exact) mass is 218 g/mol. The van der Waals surface area contributed by atoms with Gasteiger partial charge in [-0.3, -0.25) is 4.90 Å². The van der Waals surface area contributed by atoms with E-state index in [1.54, 1.807) is 13.8 Å². The minimum absolute atomic E-state index is 0.618. The Bertz CT molecular complexity index is 370. The number of benzene rings is 1. The van der Waals surface area contributed by atoms with E-state index in [4.69, 9.17) is 5.26 Å². The predicted molar refractivity (Wildman–Crippen MR) is 63.8 cm³/mol. The van der Waals surface area contributed by atoms with Gasteiger partial charge in [0.15, 0.2) is 0 Å². The fraction of sp³-hybridized carbons (Fsp3) is 0.462. The Morgan fingerprint density at radius 1 is 1.31 bits per heavy atom. The molecule has 16 heavy (non-hydrogen) atoms. The third-order valence-corrected chi connectivity index (χ3v) is 2.19. The molecule has 0 saturated carbocycles. The quantitative estimate of drug-likeness (QED) is 0.837. The summed E-state index contributed by atoms with van der Waals surface area (Å²) >= 11 is 0. The maximum atomic E-state index is 9.66. The van der Waals surface area contributed by atoms with Crippen molar-refractivity contribution in [3.8, 4) is 6.07 Å². The first kappa shape index (κ1) is 12.7. The van der Waals surface area contributed by atoms with Crippen LogP contribution in [0.3, 0.4) is 0 Å². The smallest absolute Gasteiger partial charge is 0.0991 e. The van der Waals surface area contributed by atoms with Crippen LogP contribution in [0.5, 0.6) is 0 Å². The van der Waals surface area contributed by atoms with Gasteiger partial charge in [0.05, 0.1) is 17.2 Å². The highest BCUT2D eigenvalue weighted by Crippen LogP contribution is 2.09. The van der Waals surface area contributed by atoms with E-state index < -0.39 is 5.60 Å². The summed E-state index contributed by atoms with van der Waals surface area (Å²) in [5, 5.41) is 18.3. The molecule has 0 unspecified atom stereocenters. The predicted octanol–water partition coefficient (Wildman–Crippen LogP) is 1.76. The van der Waals surface area contributed by atoms with Gasteiger partial charge in [0, 0.05) is 13.1 Å². The second kappa shape index (κ2) is 5.11. The van der Waals surface area contributed by atoms with Gasteiger partial charge in [-0.15, -0.1) is 0 Å². The number of hydrogen-bond donors (Lipinski definition) is 1. The average molecular weight is 218 g/mol. The molecule has 0 aliphatic heterocycles. The SMILES string of the molecule is CN(Cc1ccc(C#N)cc1)CC(C)(C)O. The van der Waals surface area contributed by atoms with E-state index in [2.05, 4.69) is 11.0 Å². The van der Waals surface area contributed by atoms with Crippen LogP contribution in [0.15, 0.2) is 24.3 Å². The Hall–Kier alpha value is -1.37. The largest absolute Gasteiger partial charge is 0.389 e. The van der Waals surface area contributed by atoms with E-state index in [1.165, 1.54) is 0 Å². The molecule has 1 N–H and O–H groups in total. The number of nitrogens with zero attached hydrogens (tertiary/aromatic N) is 2. The van der Waals surface area contributed by atoms with Crippen LogP contribution in [-0.4, -0.2) is 29.2 Å². The molecule has 1 aromatic rings. The summed E-state index contributed by atoms with van der Waals surface area (Å²) in [7, 11) is 1.97. The zero-order valence-electron chi connectivity index (χ0n) is 10.1. The van der Waals surface area contributed by atoms with Crippen LogP contribution in [0.4, 0.5) is 0 Å². The lowest BCUT2D eigenvalue weighted by atomic mass is 10.1. The molecule has 0 aliphatic carbocycles. The van der Waals surface area contributed by atoms with Gasteiger partial charge in [-0.1, -0.05) is 12.1 Å². The van der Waals surface area contributed by atoms with E-state index in [9.17, 15) is 5.11 Å². The van der Waals surface area contributed by atoms with Crippen LogP contribution < -0.4 is 0 Å². The van der Waals surface area contributed by atoms with Gasteiger partial charge in [0.2, 0.25) is 0 Å². The summed E-state index contributed by atoms with van der Waals surface area (Å²) in [6.07, 6.45) is 0. The van der Waals surface area contributed by atoms with E-state index >= 15 is 0 Å². The normalized spacial score (nSPS) is 11.5. The van der Waals surface area contributed by atoms with E-state index in [0.717, 1.165) is 12.1 Å². The molecular formula is C13H18N2O. The standard InChI is InChI=1S/C13H18N2O/c1-13(2,16)10-15(3)9-12-6-4-11(8-14)5-7-12/h4-7,16H,9-10H2,1-3H3. The molecule has 0 aliphatic rings. The lowest BCUT2D eigenvalue weighted by Gasteiger charge is -2.25. The fourth-order valence-electron chi connectivity index (χ4n) is 1.71. The minimum atomic E-state index is -0.679. The molecule has 3 nitrogen and oxygen atoms in total. The van der Waals surface area contributed by atoms with Crippen molar-refractivity contribution in [2.75, 3.05) is 13.6 Å². The van der Waals surface area contributed by atoms with Crippen molar-refractivity contribution in [2.24, 2.45) is 0 Å². The second-order valence-corrected chi connectivity index (χ2v) is 4.79. The second-order valence-electron chi connectivity index (χ2n) is 4.79. The van der Waals surface area contributed by atoms with Gasteiger partial charge in [0.1, 0.15) is 0 Å². The summed E-state index contributed by atoms with van der Waals surface area (Å²) in [6, 6.07) is 9.61. The topological polar surface area (TPSA) is 47.3 Å². The van der Waals surface area contributed by atoms with Crippen molar-refractivity contribution in [1.29, 1.82) is 5.26 Å². The van der Waals surface area contributed by atoms with Crippen LogP contribution in [0.2, 0.25) is 0 Å². The summed E-state index contributed by atoms with van der Waals surface area (Å²) in [5.74, 6) is 0. The lowest BCUT2D eigenvalue weighted by molar-refractivity contribution is 0.0425. The highest BCUT2D eigenvalue weighted by atomic mass is 16.3. The molecule has 0 aromatic heterocycles. The zero-order valence-corrected chi connectivity index (χ0v) is 10.1. The van der Waals surface area contributed by atoms with Crippen molar-refractivity contribution in [3.05, 3.63) is 35.4 Å². The molecule has 0 atom stereocenters. The first-order chi connectivity index (χ1) is 7.40. The third kappa shape index (κ3) is 4.43. The van der Waals surface area contributed by atoms with Crippen molar-refractivity contribution in [1.82, 2.24) is 4.90 Å². The molecule has 1 aromatic carbocycles. The Morgan fingerprint density at radius 3 is 2.31 bits per heavy atom. The first-order valence-electron chi connectivity index (χ1n) is 5.31. The van der Waals surface area contributed by atoms with Gasteiger partial charge in [-0.05, 0) is 38.6 Å². The Balaban J connectivity index is 2.57. The Kier molecular flexibility index (Phi) is 4.05. The number of nitriles is 1. The van der Waals surface area contributed by atoms with Crippen LogP contribution in [0.1, 0.15) is 25.0 Å². The number of rotatable bonds is 4. The third-order valence-electron chi connectivity index (χ3n) is 2.19. The summed E-state index contributed by atoms with van der Waals surface area (Å²) < 4.78 is 0. The highest BCUT2D eigenvalue weighted by molar-refractivity contribution is 5.31. The molecule has 1 rings (SSSR count). The molecule has 0 fully saturated rings. The Labute approximate surface area is 96.9 Å². The highest BCUT2D eigenvalue weighted by Gasteiger charge is 2.15. The molecule has 0 amide bonds. The van der Waals surface area contributed by atoms with E-state index in [1.807, 2.05) is 31.3 Å². The van der Waals surface area contributed by atoms with Crippen LogP contribution >= 0.6 is 0 Å². The summed E-state index contributed by atoms with van der Waals surface area (Å²) in [6.45, 7) is 4.98. The molecule has 0 bridgehead atoms. The Morgan fingerprint density at radius 2 is 1.88 bits per heavy atom. The molecule has 0 saturated heterocycles. The van der Waals surface area contributed by atoms with Gasteiger partial charge in [-0.25, -0.2) is 0 Å². The van der Waals surface area contributed by atoms with Crippen molar-refractivity contribution in [2.45, 2.75) is 26.0 Å². The fourth-order valence-corrected chi connectivity index (χ4v) is 1.71. The zero-order chi connectivity index (χ0) is 12.2. The molecule has 0 radical (unpaired) electrons. The number of hydrogen-bond acceptors (Lipinski definition) is 3. The molecule has 3 heteroatoms. The van der Waals surface area contributed by atoms with Crippen LogP contribution in [-0.2, 0) is 6.54 Å². The van der Waals surface area contributed by atoms with Gasteiger partial charge >= 0.3 is 0 Å². The summed E-state index contributed by atoms with van der Waals surface area (Å²) in [5.41, 5.74) is 1.14. The van der Waals surface area contributed by atoms with Crippen LogP contribution in [0, 0.1) is 11.3 Å². The minimum Gasteiger partial charge on any atom is -0.389 e. The van der Waals surface area contributed by atoms with Crippen molar-refractivity contribution >= 4 is 0 Å². The number of likely N-dealkylation sites (N-methyl/N-ethyl adjacent to an activating group) is 1. The average Bonchev–Trinajstić information content (AvgIpc) is 2.16. The van der Waals surface area contributed by atoms with Crippen LogP contribution in [0.25, 0.3) is 0 Å². The van der Waals surface area contributed by atoms with E-state index in [0.29, 0.717) is 12.1 Å². The number of aliphatic hydroxyl groups is 1. The van der Waals surface area contributed by atoms with Crippen molar-refractivity contribution < 1.29 is 5.11 Å². The molecule has 0 heterocycles. The van der Waals surface area contributed by atoms with Gasteiger partial charge in [0.25, 0.3) is 0 Å². The molecule has 86 valence electrons. The lowest BCUT2D eigenvalue weighted by Crippen LogP contribution is -2.35. The summed E-state index contributed by atoms with van der Waals surface area (Å²) in [4.78, 5) is 2.06. The van der Waals surface area contributed by atoms with Gasteiger partial charge < -0.3 is 5.11 Å². The first-order valence-corrected chi connectivity index (χ1v) is 5.31. The molecule has 0 spiro atoms. The maximum absolute atomic E-state index is 9.66. The van der Waals surface area contributed by atoms with Gasteiger partial charge in [-0.2, -0.15) is 5.26 Å². The molecular weight excluding hydrogens is 200 g/mol. The van der Waals surface area contributed by atoms with E-state index in [-0.39, 0.29) is 0 Å².